The molecule has 0 fully saturated rings. The van der Waals surface area contributed by atoms with E-state index in [0.717, 1.165) is 11.8 Å². The maximum Gasteiger partial charge on any atom is 0.00167 e. The highest BCUT2D eigenvalue weighted by Gasteiger charge is 2.17. The minimum atomic E-state index is 0.548. The molecule has 0 N–H and O–H groups in total. The first-order chi connectivity index (χ1) is 5.13. The SMILES string of the molecule is CCCC(CC)C(C)C(C)S. The van der Waals surface area contributed by atoms with Crippen LogP contribution in [0.15, 0.2) is 0 Å². The first kappa shape index (κ1) is 11.4. The molecule has 0 amide bonds. The van der Waals surface area contributed by atoms with Gasteiger partial charge in [0.25, 0.3) is 0 Å². The molecule has 0 bridgehead atoms. The fourth-order valence-corrected chi connectivity index (χ4v) is 1.85. The van der Waals surface area contributed by atoms with Crippen LogP contribution in [-0.2, 0) is 0 Å². The summed E-state index contributed by atoms with van der Waals surface area (Å²) in [6, 6.07) is 0. The minimum Gasteiger partial charge on any atom is -0.176 e. The summed E-state index contributed by atoms with van der Waals surface area (Å²) >= 11 is 4.48. The van der Waals surface area contributed by atoms with E-state index in [1.54, 1.807) is 0 Å². The molecule has 0 aromatic rings. The molecule has 0 rings (SSSR count). The Balaban J connectivity index is 3.81. The summed E-state index contributed by atoms with van der Waals surface area (Å²) in [4.78, 5) is 0. The van der Waals surface area contributed by atoms with E-state index in [1.807, 2.05) is 0 Å². The average Bonchev–Trinajstić information content (AvgIpc) is 1.98. The predicted octanol–water partition coefficient (Wildman–Crippen LogP) is 3.77. The highest BCUT2D eigenvalue weighted by atomic mass is 32.1. The van der Waals surface area contributed by atoms with Gasteiger partial charge in [-0.1, -0.05) is 47.0 Å². The molecule has 0 saturated carbocycles. The van der Waals surface area contributed by atoms with Gasteiger partial charge in [-0.25, -0.2) is 0 Å². The molecule has 0 spiro atoms. The number of hydrogen-bond donors (Lipinski definition) is 1. The molecule has 0 aromatic carbocycles. The summed E-state index contributed by atoms with van der Waals surface area (Å²) in [6.07, 6.45) is 3.98. The van der Waals surface area contributed by atoms with Crippen LogP contribution in [0.5, 0.6) is 0 Å². The van der Waals surface area contributed by atoms with Gasteiger partial charge < -0.3 is 0 Å². The fourth-order valence-electron chi connectivity index (χ4n) is 1.60. The van der Waals surface area contributed by atoms with E-state index in [9.17, 15) is 0 Å². The van der Waals surface area contributed by atoms with Crippen molar-refractivity contribution in [1.82, 2.24) is 0 Å². The van der Waals surface area contributed by atoms with Crippen molar-refractivity contribution in [2.45, 2.75) is 52.2 Å². The third kappa shape index (κ3) is 4.05. The first-order valence-corrected chi connectivity index (χ1v) is 5.33. The van der Waals surface area contributed by atoms with Crippen molar-refractivity contribution in [2.24, 2.45) is 11.8 Å². The lowest BCUT2D eigenvalue weighted by Gasteiger charge is -2.24. The van der Waals surface area contributed by atoms with Gasteiger partial charge in [-0.2, -0.15) is 12.6 Å². The van der Waals surface area contributed by atoms with Crippen LogP contribution in [0.25, 0.3) is 0 Å². The van der Waals surface area contributed by atoms with E-state index in [2.05, 4.69) is 40.3 Å². The topological polar surface area (TPSA) is 0 Å². The average molecular weight is 174 g/mol. The minimum absolute atomic E-state index is 0.548. The van der Waals surface area contributed by atoms with Gasteiger partial charge >= 0.3 is 0 Å². The van der Waals surface area contributed by atoms with E-state index in [4.69, 9.17) is 0 Å². The largest absolute Gasteiger partial charge is 0.176 e. The van der Waals surface area contributed by atoms with Gasteiger partial charge in [-0.05, 0) is 11.8 Å². The highest BCUT2D eigenvalue weighted by Crippen LogP contribution is 2.26. The van der Waals surface area contributed by atoms with Crippen LogP contribution in [0.1, 0.15) is 47.0 Å². The Hall–Kier alpha value is 0.350. The Morgan fingerprint density at radius 2 is 1.73 bits per heavy atom. The molecule has 0 aliphatic rings. The van der Waals surface area contributed by atoms with E-state index < -0.39 is 0 Å². The third-order valence-corrected chi connectivity index (χ3v) is 3.16. The molecule has 0 nitrogen and oxygen atoms in total. The van der Waals surface area contributed by atoms with E-state index in [-0.39, 0.29) is 0 Å². The van der Waals surface area contributed by atoms with Gasteiger partial charge in [0.15, 0.2) is 0 Å². The Bertz CT molecular complexity index is 88.9. The Morgan fingerprint density at radius 1 is 1.18 bits per heavy atom. The molecule has 0 heterocycles. The van der Waals surface area contributed by atoms with Gasteiger partial charge in [0, 0.05) is 5.25 Å². The summed E-state index contributed by atoms with van der Waals surface area (Å²) in [7, 11) is 0. The fraction of sp³-hybridized carbons (Fsp3) is 1.00. The lowest BCUT2D eigenvalue weighted by Crippen LogP contribution is -2.18. The summed E-state index contributed by atoms with van der Waals surface area (Å²) in [6.45, 7) is 9.07. The molecular weight excluding hydrogens is 152 g/mol. The molecule has 0 aliphatic heterocycles. The number of hydrogen-bond acceptors (Lipinski definition) is 1. The molecule has 3 atom stereocenters. The summed E-state index contributed by atoms with van der Waals surface area (Å²) in [5.74, 6) is 1.65. The second kappa shape index (κ2) is 5.93. The lowest BCUT2D eigenvalue weighted by atomic mass is 9.86. The number of rotatable bonds is 5. The zero-order valence-corrected chi connectivity index (χ0v) is 9.20. The third-order valence-electron chi connectivity index (χ3n) is 2.69. The highest BCUT2D eigenvalue weighted by molar-refractivity contribution is 7.80. The second-order valence-corrected chi connectivity index (χ2v) is 4.37. The first-order valence-electron chi connectivity index (χ1n) is 4.81. The van der Waals surface area contributed by atoms with Crippen molar-refractivity contribution in [3.63, 3.8) is 0 Å². The summed E-state index contributed by atoms with van der Waals surface area (Å²) in [5, 5.41) is 0.548. The normalized spacial score (nSPS) is 19.4. The van der Waals surface area contributed by atoms with Crippen LogP contribution in [0.4, 0.5) is 0 Å². The molecule has 0 aromatic heterocycles. The molecular formula is C10H22S. The maximum absolute atomic E-state index is 4.48. The van der Waals surface area contributed by atoms with E-state index in [0.29, 0.717) is 5.25 Å². The Labute approximate surface area is 77.2 Å². The molecule has 3 unspecified atom stereocenters. The van der Waals surface area contributed by atoms with Gasteiger partial charge in [0.1, 0.15) is 0 Å². The molecule has 0 saturated heterocycles. The van der Waals surface area contributed by atoms with Gasteiger partial charge in [0.05, 0.1) is 0 Å². The summed E-state index contributed by atoms with van der Waals surface area (Å²) in [5.41, 5.74) is 0. The Morgan fingerprint density at radius 3 is 2.00 bits per heavy atom. The van der Waals surface area contributed by atoms with Crippen molar-refractivity contribution in [2.75, 3.05) is 0 Å². The van der Waals surface area contributed by atoms with Crippen LogP contribution in [0, 0.1) is 11.8 Å². The molecule has 0 aliphatic carbocycles. The van der Waals surface area contributed by atoms with Crippen molar-refractivity contribution in [1.29, 1.82) is 0 Å². The van der Waals surface area contributed by atoms with Gasteiger partial charge in [-0.15, -0.1) is 0 Å². The standard InChI is InChI=1S/C10H22S/c1-5-7-10(6-2)8(3)9(4)11/h8-11H,5-7H2,1-4H3. The van der Waals surface area contributed by atoms with Crippen molar-refractivity contribution in [3.05, 3.63) is 0 Å². The monoisotopic (exact) mass is 174 g/mol. The van der Waals surface area contributed by atoms with E-state index in [1.165, 1.54) is 19.3 Å². The van der Waals surface area contributed by atoms with Crippen molar-refractivity contribution >= 4 is 12.6 Å². The zero-order chi connectivity index (χ0) is 8.85. The molecule has 68 valence electrons. The molecule has 11 heavy (non-hydrogen) atoms. The second-order valence-electron chi connectivity index (χ2n) is 3.56. The predicted molar refractivity (Wildman–Crippen MR) is 56.3 cm³/mol. The zero-order valence-electron chi connectivity index (χ0n) is 8.30. The number of thiol groups is 1. The smallest absolute Gasteiger partial charge is 0.00167 e. The van der Waals surface area contributed by atoms with Crippen LogP contribution >= 0.6 is 12.6 Å². The quantitative estimate of drug-likeness (QED) is 0.603. The van der Waals surface area contributed by atoms with Gasteiger partial charge in [0.2, 0.25) is 0 Å². The molecule has 0 radical (unpaired) electrons. The summed E-state index contributed by atoms with van der Waals surface area (Å²) < 4.78 is 0. The maximum atomic E-state index is 4.48. The van der Waals surface area contributed by atoms with Crippen LogP contribution in [0.3, 0.4) is 0 Å². The van der Waals surface area contributed by atoms with Crippen LogP contribution in [0.2, 0.25) is 0 Å². The van der Waals surface area contributed by atoms with Gasteiger partial charge in [-0.3, -0.25) is 0 Å². The lowest BCUT2D eigenvalue weighted by molar-refractivity contribution is 0.322. The van der Waals surface area contributed by atoms with Crippen molar-refractivity contribution < 1.29 is 0 Å². The molecule has 1 heteroatoms. The van der Waals surface area contributed by atoms with E-state index >= 15 is 0 Å². The van der Waals surface area contributed by atoms with Crippen LogP contribution in [-0.4, -0.2) is 5.25 Å². The van der Waals surface area contributed by atoms with Crippen molar-refractivity contribution in [3.8, 4) is 0 Å². The Kier molecular flexibility index (Phi) is 6.12. The van der Waals surface area contributed by atoms with Crippen LogP contribution < -0.4 is 0 Å².